The number of allylic oxidation sites excluding steroid dienone is 2. The van der Waals surface area contributed by atoms with Crippen LogP contribution in [0, 0.1) is 0 Å². The minimum Gasteiger partial charge on any atom is -0.452 e. The van der Waals surface area contributed by atoms with Crippen LogP contribution in [0.3, 0.4) is 0 Å². The molecule has 2 rings (SSSR count). The Morgan fingerprint density at radius 3 is 2.50 bits per heavy atom. The first-order valence-corrected chi connectivity index (χ1v) is 11.0. The standard InChI is InChI=1S/C21H27N3O5S/c1-15(18-6-8-19(9-7-18)30(27,28)11-10-22-4)12-20-17(3)24(21(26)29-5)16(2)13-23(20)14-25/h6-9,12,14,16,22H,1,3,10-11,13H2,2,4-5H3/b20-12+. The van der Waals surface area contributed by atoms with Crippen LogP contribution in [0.25, 0.3) is 5.57 Å². The Morgan fingerprint density at radius 1 is 1.33 bits per heavy atom. The molecular formula is C21H27N3O5S. The molecule has 1 heterocycles. The quantitative estimate of drug-likeness (QED) is 0.661. The van der Waals surface area contributed by atoms with Gasteiger partial charge in [0.15, 0.2) is 9.84 Å². The third-order valence-electron chi connectivity index (χ3n) is 4.81. The van der Waals surface area contributed by atoms with Crippen molar-refractivity contribution in [3.8, 4) is 0 Å². The lowest BCUT2D eigenvalue weighted by Gasteiger charge is -2.40. The molecule has 8 nitrogen and oxygen atoms in total. The van der Waals surface area contributed by atoms with Crippen molar-refractivity contribution >= 4 is 27.9 Å². The molecule has 0 bridgehead atoms. The van der Waals surface area contributed by atoms with Crippen LogP contribution in [0.2, 0.25) is 0 Å². The van der Waals surface area contributed by atoms with Gasteiger partial charge in [0.05, 0.1) is 35.2 Å². The molecule has 1 fully saturated rings. The van der Waals surface area contributed by atoms with E-state index in [4.69, 9.17) is 4.74 Å². The molecular weight excluding hydrogens is 406 g/mol. The SMILES string of the molecule is C=C(/C=C1\C(=C)N(C(=O)OC)C(C)CN1C=O)c1ccc(S(=O)(=O)CCNC)cc1. The van der Waals surface area contributed by atoms with Gasteiger partial charge in [-0.25, -0.2) is 13.2 Å². The van der Waals surface area contributed by atoms with Crippen molar-refractivity contribution in [1.29, 1.82) is 0 Å². The summed E-state index contributed by atoms with van der Waals surface area (Å²) in [7, 11) is -0.399. The third-order valence-corrected chi connectivity index (χ3v) is 6.54. The number of benzene rings is 1. The second kappa shape index (κ2) is 9.73. The maximum Gasteiger partial charge on any atom is 0.414 e. The number of piperazine rings is 1. The van der Waals surface area contributed by atoms with Gasteiger partial charge in [-0.2, -0.15) is 0 Å². The van der Waals surface area contributed by atoms with Crippen LogP contribution in [0.4, 0.5) is 4.79 Å². The first-order valence-electron chi connectivity index (χ1n) is 9.33. The molecule has 1 atom stereocenters. The molecule has 1 aromatic carbocycles. The van der Waals surface area contributed by atoms with E-state index in [1.807, 2.05) is 0 Å². The fraction of sp³-hybridized carbons (Fsp3) is 0.333. The van der Waals surface area contributed by atoms with Gasteiger partial charge >= 0.3 is 6.09 Å². The van der Waals surface area contributed by atoms with E-state index in [9.17, 15) is 18.0 Å². The van der Waals surface area contributed by atoms with Crippen molar-refractivity contribution in [2.24, 2.45) is 0 Å². The van der Waals surface area contributed by atoms with Gasteiger partial charge in [-0.1, -0.05) is 25.3 Å². The van der Waals surface area contributed by atoms with E-state index in [0.717, 1.165) is 0 Å². The highest BCUT2D eigenvalue weighted by Gasteiger charge is 2.34. The fourth-order valence-electron chi connectivity index (χ4n) is 3.15. The summed E-state index contributed by atoms with van der Waals surface area (Å²) in [6.07, 6.45) is 1.75. The van der Waals surface area contributed by atoms with Gasteiger partial charge < -0.3 is 15.0 Å². The van der Waals surface area contributed by atoms with E-state index in [2.05, 4.69) is 18.5 Å². The van der Waals surface area contributed by atoms with E-state index in [0.29, 0.717) is 35.5 Å². The second-order valence-electron chi connectivity index (χ2n) is 6.90. The number of nitrogens with one attached hydrogen (secondary N) is 1. The average Bonchev–Trinajstić information content (AvgIpc) is 2.73. The normalized spacial score (nSPS) is 18.4. The molecule has 2 amide bonds. The molecule has 1 unspecified atom stereocenters. The highest BCUT2D eigenvalue weighted by atomic mass is 32.2. The fourth-order valence-corrected chi connectivity index (χ4v) is 4.41. The number of sulfone groups is 1. The summed E-state index contributed by atoms with van der Waals surface area (Å²) < 4.78 is 29.4. The molecule has 9 heteroatoms. The van der Waals surface area contributed by atoms with Crippen LogP contribution in [0.5, 0.6) is 0 Å². The van der Waals surface area contributed by atoms with Crippen LogP contribution in [0.1, 0.15) is 12.5 Å². The number of carbonyl (C=O) groups excluding carboxylic acids is 2. The molecule has 1 N–H and O–H groups in total. The molecule has 0 spiro atoms. The van der Waals surface area contributed by atoms with E-state index >= 15 is 0 Å². The summed E-state index contributed by atoms with van der Waals surface area (Å²) in [6.45, 7) is 10.4. The smallest absolute Gasteiger partial charge is 0.414 e. The van der Waals surface area contributed by atoms with Crippen LogP contribution < -0.4 is 5.32 Å². The van der Waals surface area contributed by atoms with Crippen molar-refractivity contribution < 1.29 is 22.7 Å². The highest BCUT2D eigenvalue weighted by molar-refractivity contribution is 7.91. The summed E-state index contributed by atoms with van der Waals surface area (Å²) in [4.78, 5) is 26.8. The Morgan fingerprint density at radius 2 is 1.97 bits per heavy atom. The Kier molecular flexibility index (Phi) is 7.58. The van der Waals surface area contributed by atoms with E-state index in [1.165, 1.54) is 29.0 Å². The molecule has 30 heavy (non-hydrogen) atoms. The molecule has 162 valence electrons. The molecule has 0 aliphatic carbocycles. The van der Waals surface area contributed by atoms with E-state index < -0.39 is 15.9 Å². The van der Waals surface area contributed by atoms with Crippen LogP contribution in [-0.2, 0) is 19.4 Å². The van der Waals surface area contributed by atoms with Crippen molar-refractivity contribution in [2.45, 2.75) is 17.9 Å². The largest absolute Gasteiger partial charge is 0.452 e. The molecule has 1 aliphatic heterocycles. The average molecular weight is 434 g/mol. The lowest BCUT2D eigenvalue weighted by molar-refractivity contribution is -0.117. The number of carbonyl (C=O) groups is 2. The van der Waals surface area contributed by atoms with Crippen molar-refractivity contribution in [2.75, 3.05) is 33.0 Å². The summed E-state index contributed by atoms with van der Waals surface area (Å²) in [5.74, 6) is 0.00348. The first-order chi connectivity index (χ1) is 14.2. The van der Waals surface area contributed by atoms with Gasteiger partial charge in [-0.05, 0) is 43.3 Å². The Balaban J connectivity index is 2.32. The second-order valence-corrected chi connectivity index (χ2v) is 9.00. The number of amides is 2. The van der Waals surface area contributed by atoms with Gasteiger partial charge in [0.1, 0.15) is 0 Å². The molecule has 1 aliphatic rings. The Hall–Kier alpha value is -2.91. The molecule has 0 radical (unpaired) electrons. The number of rotatable bonds is 7. The monoisotopic (exact) mass is 433 g/mol. The lowest BCUT2D eigenvalue weighted by atomic mass is 10.0. The summed E-state index contributed by atoms with van der Waals surface area (Å²) in [6, 6.07) is 6.06. The van der Waals surface area contributed by atoms with Crippen LogP contribution in [0.15, 0.2) is 59.8 Å². The van der Waals surface area contributed by atoms with E-state index in [1.54, 1.807) is 32.2 Å². The zero-order valence-electron chi connectivity index (χ0n) is 17.4. The minimum absolute atomic E-state index is 0.00348. The molecule has 1 aromatic rings. The number of methoxy groups -OCH3 is 1. The Labute approximate surface area is 177 Å². The number of hydrogen-bond acceptors (Lipinski definition) is 6. The summed E-state index contributed by atoms with van der Waals surface area (Å²) in [5.41, 5.74) is 1.96. The predicted molar refractivity (Wildman–Crippen MR) is 115 cm³/mol. The van der Waals surface area contributed by atoms with Crippen LogP contribution >= 0.6 is 0 Å². The lowest BCUT2D eigenvalue weighted by Crippen LogP contribution is -2.50. The summed E-state index contributed by atoms with van der Waals surface area (Å²) in [5, 5.41) is 2.82. The third kappa shape index (κ3) is 4.98. The van der Waals surface area contributed by atoms with E-state index in [-0.39, 0.29) is 23.2 Å². The number of ether oxygens (including phenoxy) is 1. The maximum absolute atomic E-state index is 12.3. The van der Waals surface area contributed by atoms with Gasteiger partial charge in [0, 0.05) is 13.1 Å². The number of hydrogen-bond donors (Lipinski definition) is 1. The zero-order chi connectivity index (χ0) is 22.5. The molecule has 0 aromatic heterocycles. The molecule has 1 saturated heterocycles. The van der Waals surface area contributed by atoms with Gasteiger partial charge in [0.2, 0.25) is 6.41 Å². The topological polar surface area (TPSA) is 96.0 Å². The van der Waals surface area contributed by atoms with Crippen molar-refractivity contribution in [1.82, 2.24) is 15.1 Å². The van der Waals surface area contributed by atoms with Gasteiger partial charge in [-0.15, -0.1) is 0 Å². The van der Waals surface area contributed by atoms with Gasteiger partial charge in [-0.3, -0.25) is 9.69 Å². The first kappa shape index (κ1) is 23.4. The van der Waals surface area contributed by atoms with Crippen molar-refractivity contribution in [3.63, 3.8) is 0 Å². The predicted octanol–water partition coefficient (Wildman–Crippen LogP) is 2.02. The van der Waals surface area contributed by atoms with Crippen LogP contribution in [-0.4, -0.2) is 69.8 Å². The minimum atomic E-state index is -3.37. The Bertz CT molecular complexity index is 967. The van der Waals surface area contributed by atoms with Crippen molar-refractivity contribution in [3.05, 3.63) is 60.5 Å². The number of nitrogens with zero attached hydrogens (tertiary/aromatic N) is 2. The maximum atomic E-state index is 12.3. The highest BCUT2D eigenvalue weighted by Crippen LogP contribution is 2.29. The molecule has 0 saturated carbocycles. The van der Waals surface area contributed by atoms with Gasteiger partial charge in [0.25, 0.3) is 0 Å². The zero-order valence-corrected chi connectivity index (χ0v) is 18.2. The summed E-state index contributed by atoms with van der Waals surface area (Å²) >= 11 is 0.